The average Bonchev–Trinajstić information content (AvgIpc) is 3.39. The van der Waals surface area contributed by atoms with Crippen LogP contribution in [0.3, 0.4) is 0 Å². The smallest absolute Gasteiger partial charge is 0.266 e. The summed E-state index contributed by atoms with van der Waals surface area (Å²) in [7, 11) is 0. The van der Waals surface area contributed by atoms with Crippen LogP contribution in [0, 0.1) is 20.8 Å². The topological polar surface area (TPSA) is 101 Å². The molecule has 0 saturated heterocycles. The van der Waals surface area contributed by atoms with E-state index < -0.39 is 0 Å². The molecule has 5 aromatic rings. The summed E-state index contributed by atoms with van der Waals surface area (Å²) >= 11 is 4.30. The van der Waals surface area contributed by atoms with Gasteiger partial charge in [-0.15, -0.1) is 22.7 Å². The van der Waals surface area contributed by atoms with Gasteiger partial charge in [0.15, 0.2) is 0 Å². The second kappa shape index (κ2) is 8.69. The van der Waals surface area contributed by atoms with Gasteiger partial charge in [-0.25, -0.2) is 15.0 Å². The number of anilines is 1. The van der Waals surface area contributed by atoms with Gasteiger partial charge in [0.1, 0.15) is 26.8 Å². The molecule has 0 fully saturated rings. The van der Waals surface area contributed by atoms with Gasteiger partial charge in [-0.2, -0.15) is 0 Å². The molecule has 0 aliphatic heterocycles. The minimum absolute atomic E-state index is 0.237. The lowest BCUT2D eigenvalue weighted by Gasteiger charge is -2.08. The molecule has 1 aromatic carbocycles. The zero-order valence-corrected chi connectivity index (χ0v) is 20.5. The Morgan fingerprint density at radius 1 is 1.15 bits per heavy atom. The summed E-state index contributed by atoms with van der Waals surface area (Å²) in [6.07, 6.45) is 1.55. The van der Waals surface area contributed by atoms with Crippen LogP contribution >= 0.6 is 34.4 Å². The van der Waals surface area contributed by atoms with E-state index in [2.05, 4.69) is 25.3 Å². The van der Waals surface area contributed by atoms with Gasteiger partial charge in [0.25, 0.3) is 11.5 Å². The predicted octanol–water partition coefficient (Wildman–Crippen LogP) is 5.46. The van der Waals surface area contributed by atoms with Crippen molar-refractivity contribution in [3.63, 3.8) is 0 Å². The fourth-order valence-corrected chi connectivity index (χ4v) is 6.37. The van der Waals surface area contributed by atoms with Gasteiger partial charge in [-0.1, -0.05) is 29.5 Å². The predicted molar refractivity (Wildman–Crippen MR) is 136 cm³/mol. The van der Waals surface area contributed by atoms with Crippen LogP contribution in [0.2, 0.25) is 0 Å². The summed E-state index contributed by atoms with van der Waals surface area (Å²) in [4.78, 5) is 43.9. The number of H-pyrrole nitrogens is 1. The van der Waals surface area contributed by atoms with Gasteiger partial charge in [-0.3, -0.25) is 9.59 Å². The zero-order valence-electron chi connectivity index (χ0n) is 18.1. The zero-order chi connectivity index (χ0) is 23.1. The maximum Gasteiger partial charge on any atom is 0.266 e. The van der Waals surface area contributed by atoms with Crippen LogP contribution in [0.4, 0.5) is 5.69 Å². The molecule has 0 radical (unpaired) electrons. The van der Waals surface area contributed by atoms with Gasteiger partial charge in [-0.05, 0) is 49.4 Å². The highest BCUT2D eigenvalue weighted by Crippen LogP contribution is 2.31. The van der Waals surface area contributed by atoms with Crippen LogP contribution in [0.5, 0.6) is 0 Å². The SMILES string of the molecule is Cc1ccc(NC(=O)c2sc3nc(CSc4ncnc5sccc45)[nH]c(=O)c3c2C)c(C)c1. The van der Waals surface area contributed by atoms with Gasteiger partial charge < -0.3 is 10.3 Å². The molecular formula is C23H19N5O2S3. The Labute approximate surface area is 201 Å². The van der Waals surface area contributed by atoms with Crippen molar-refractivity contribution in [2.75, 3.05) is 5.32 Å². The van der Waals surface area contributed by atoms with Gasteiger partial charge in [0, 0.05) is 11.1 Å². The normalized spacial score (nSPS) is 11.4. The van der Waals surface area contributed by atoms with Gasteiger partial charge in [0.2, 0.25) is 0 Å². The Hall–Kier alpha value is -3.08. The first-order valence-corrected chi connectivity index (χ1v) is 12.8. The number of benzene rings is 1. The number of amides is 1. The van der Waals surface area contributed by atoms with Crippen LogP contribution in [-0.4, -0.2) is 25.8 Å². The molecule has 0 saturated carbocycles. The molecule has 0 atom stereocenters. The van der Waals surface area contributed by atoms with Crippen LogP contribution in [0.15, 0.2) is 45.8 Å². The monoisotopic (exact) mass is 493 g/mol. The average molecular weight is 494 g/mol. The molecule has 10 heteroatoms. The number of carbonyl (C=O) groups is 1. The van der Waals surface area contributed by atoms with Gasteiger partial charge >= 0.3 is 0 Å². The van der Waals surface area contributed by atoms with Crippen molar-refractivity contribution in [2.45, 2.75) is 31.6 Å². The largest absolute Gasteiger partial charge is 0.321 e. The lowest BCUT2D eigenvalue weighted by atomic mass is 10.1. The standard InChI is InChI=1S/C23H19N5O2S3/c1-11-4-5-15(12(2)8-11)26-20(30)18-13(3)17-19(29)27-16(28-23(17)33-18)9-32-22-14-6-7-31-21(14)24-10-25-22/h4-8,10H,9H2,1-3H3,(H,26,30)(H,27,28,29). The fourth-order valence-electron chi connectivity index (χ4n) is 3.63. The summed E-state index contributed by atoms with van der Waals surface area (Å²) in [5, 5.41) is 7.25. The van der Waals surface area contributed by atoms with E-state index in [0.29, 0.717) is 32.2 Å². The highest BCUT2D eigenvalue weighted by atomic mass is 32.2. The van der Waals surface area contributed by atoms with Crippen molar-refractivity contribution >= 4 is 66.5 Å². The molecule has 0 unspecified atom stereocenters. The first-order valence-electron chi connectivity index (χ1n) is 10.1. The maximum atomic E-state index is 13.0. The highest BCUT2D eigenvalue weighted by molar-refractivity contribution is 7.98. The number of thioether (sulfide) groups is 1. The fraction of sp³-hybridized carbons (Fsp3) is 0.174. The third kappa shape index (κ3) is 4.17. The quantitative estimate of drug-likeness (QED) is 0.249. The summed E-state index contributed by atoms with van der Waals surface area (Å²) in [6.45, 7) is 5.75. The van der Waals surface area contributed by atoms with E-state index >= 15 is 0 Å². The summed E-state index contributed by atoms with van der Waals surface area (Å²) in [6, 6.07) is 7.86. The van der Waals surface area contributed by atoms with E-state index in [1.807, 2.05) is 43.5 Å². The molecule has 5 rings (SSSR count). The van der Waals surface area contributed by atoms with E-state index in [-0.39, 0.29) is 11.5 Å². The molecule has 7 nitrogen and oxygen atoms in total. The number of aromatic amines is 1. The molecule has 0 aliphatic carbocycles. The molecule has 2 N–H and O–H groups in total. The van der Waals surface area contributed by atoms with Gasteiger partial charge in [0.05, 0.1) is 16.0 Å². The molecule has 0 spiro atoms. The van der Waals surface area contributed by atoms with E-state index in [4.69, 9.17) is 0 Å². The Kier molecular flexibility index (Phi) is 5.73. The van der Waals surface area contributed by atoms with Crippen molar-refractivity contribution in [1.29, 1.82) is 0 Å². The third-order valence-electron chi connectivity index (χ3n) is 5.26. The third-order valence-corrected chi connectivity index (χ3v) is 8.28. The first kappa shape index (κ1) is 21.7. The van der Waals surface area contributed by atoms with Crippen LogP contribution < -0.4 is 10.9 Å². The maximum absolute atomic E-state index is 13.0. The van der Waals surface area contributed by atoms with Crippen LogP contribution in [0.1, 0.15) is 32.2 Å². The number of aryl methyl sites for hydroxylation is 3. The van der Waals surface area contributed by atoms with Crippen molar-refractivity contribution in [2.24, 2.45) is 0 Å². The highest BCUT2D eigenvalue weighted by Gasteiger charge is 2.20. The second-order valence-electron chi connectivity index (χ2n) is 7.63. The van der Waals surface area contributed by atoms with Crippen molar-refractivity contribution < 1.29 is 4.79 Å². The Morgan fingerprint density at radius 3 is 2.82 bits per heavy atom. The van der Waals surface area contributed by atoms with Crippen molar-refractivity contribution in [3.05, 3.63) is 73.7 Å². The molecule has 33 heavy (non-hydrogen) atoms. The van der Waals surface area contributed by atoms with Crippen molar-refractivity contribution in [3.8, 4) is 0 Å². The van der Waals surface area contributed by atoms with E-state index in [9.17, 15) is 9.59 Å². The first-order chi connectivity index (χ1) is 15.9. The Morgan fingerprint density at radius 2 is 2.00 bits per heavy atom. The molecular weight excluding hydrogens is 474 g/mol. The number of thiophene rings is 2. The number of rotatable bonds is 5. The van der Waals surface area contributed by atoms with E-state index in [0.717, 1.165) is 32.1 Å². The van der Waals surface area contributed by atoms with Crippen LogP contribution in [0.25, 0.3) is 20.4 Å². The Balaban J connectivity index is 1.42. The number of hydrogen-bond donors (Lipinski definition) is 2. The van der Waals surface area contributed by atoms with E-state index in [1.54, 1.807) is 24.6 Å². The molecule has 0 aliphatic rings. The number of nitrogens with one attached hydrogen (secondary N) is 2. The molecule has 166 valence electrons. The van der Waals surface area contributed by atoms with Crippen molar-refractivity contribution in [1.82, 2.24) is 19.9 Å². The van der Waals surface area contributed by atoms with Crippen LogP contribution in [-0.2, 0) is 5.75 Å². The summed E-state index contributed by atoms with van der Waals surface area (Å²) in [5.74, 6) is 0.759. The number of nitrogens with zero attached hydrogens (tertiary/aromatic N) is 3. The summed E-state index contributed by atoms with van der Waals surface area (Å²) in [5.41, 5.74) is 3.28. The lowest BCUT2D eigenvalue weighted by molar-refractivity contribution is 0.103. The number of aromatic nitrogens is 4. The molecule has 1 amide bonds. The second-order valence-corrected chi connectivity index (χ2v) is 10.5. The number of carbonyl (C=O) groups excluding carboxylic acids is 1. The number of hydrogen-bond acceptors (Lipinski definition) is 8. The molecule has 4 heterocycles. The number of fused-ring (bicyclic) bond motifs is 2. The molecule has 0 bridgehead atoms. The summed E-state index contributed by atoms with van der Waals surface area (Å²) < 4.78 is 0. The minimum Gasteiger partial charge on any atom is -0.321 e. The minimum atomic E-state index is -0.238. The molecule has 4 aromatic heterocycles. The van der Waals surface area contributed by atoms with E-state index in [1.165, 1.54) is 23.1 Å². The lowest BCUT2D eigenvalue weighted by Crippen LogP contribution is -2.13. The Bertz CT molecular complexity index is 1580.